The lowest BCUT2D eigenvalue weighted by Crippen LogP contribution is -2.40. The van der Waals surface area contributed by atoms with Crippen LogP contribution >= 0.6 is 0 Å². The first-order valence-electron chi connectivity index (χ1n) is 7.03. The SMILES string of the molecule is CCn1cnnc1CNCC1(O)CCCCCC1. The predicted octanol–water partition coefficient (Wildman–Crippen LogP) is 1.47. The first-order valence-corrected chi connectivity index (χ1v) is 7.03. The van der Waals surface area contributed by atoms with E-state index in [9.17, 15) is 5.11 Å². The van der Waals surface area contributed by atoms with Gasteiger partial charge in [0.05, 0.1) is 12.1 Å². The van der Waals surface area contributed by atoms with E-state index in [1.54, 1.807) is 6.33 Å². The van der Waals surface area contributed by atoms with E-state index < -0.39 is 5.60 Å². The quantitative estimate of drug-likeness (QED) is 0.779. The Morgan fingerprint density at radius 2 is 2.06 bits per heavy atom. The number of hydrogen-bond acceptors (Lipinski definition) is 4. The highest BCUT2D eigenvalue weighted by Crippen LogP contribution is 2.26. The number of aryl methyl sites for hydroxylation is 1. The van der Waals surface area contributed by atoms with Gasteiger partial charge in [-0.2, -0.15) is 0 Å². The van der Waals surface area contributed by atoms with E-state index in [0.29, 0.717) is 13.1 Å². The van der Waals surface area contributed by atoms with Crippen LogP contribution in [0.2, 0.25) is 0 Å². The van der Waals surface area contributed by atoms with E-state index in [2.05, 4.69) is 22.4 Å². The summed E-state index contributed by atoms with van der Waals surface area (Å²) in [6.45, 7) is 4.29. The summed E-state index contributed by atoms with van der Waals surface area (Å²) in [5.41, 5.74) is -0.520. The second-order valence-corrected chi connectivity index (χ2v) is 5.28. The molecule has 0 saturated heterocycles. The molecule has 0 radical (unpaired) electrons. The minimum Gasteiger partial charge on any atom is -0.389 e. The van der Waals surface area contributed by atoms with Gasteiger partial charge in [0.15, 0.2) is 0 Å². The van der Waals surface area contributed by atoms with Crippen LogP contribution in [0.25, 0.3) is 0 Å². The molecule has 0 bridgehead atoms. The predicted molar refractivity (Wildman–Crippen MR) is 70.1 cm³/mol. The summed E-state index contributed by atoms with van der Waals surface area (Å²) in [6.07, 6.45) is 8.38. The van der Waals surface area contributed by atoms with Crippen LogP contribution in [0.5, 0.6) is 0 Å². The van der Waals surface area contributed by atoms with Gasteiger partial charge in [0.25, 0.3) is 0 Å². The second-order valence-electron chi connectivity index (χ2n) is 5.28. The molecule has 1 aliphatic carbocycles. The number of nitrogens with one attached hydrogen (secondary N) is 1. The molecule has 1 aromatic rings. The zero-order valence-corrected chi connectivity index (χ0v) is 11.2. The van der Waals surface area contributed by atoms with Crippen LogP contribution in [0.1, 0.15) is 51.3 Å². The van der Waals surface area contributed by atoms with Gasteiger partial charge < -0.3 is 15.0 Å². The van der Waals surface area contributed by atoms with Crippen LogP contribution in [0.4, 0.5) is 0 Å². The van der Waals surface area contributed by atoms with Crippen molar-refractivity contribution in [2.45, 2.75) is 64.1 Å². The molecule has 1 aromatic heterocycles. The molecule has 5 heteroatoms. The van der Waals surface area contributed by atoms with Crippen LogP contribution in [-0.4, -0.2) is 32.0 Å². The molecule has 5 nitrogen and oxygen atoms in total. The van der Waals surface area contributed by atoms with E-state index in [0.717, 1.165) is 38.1 Å². The fourth-order valence-corrected chi connectivity index (χ4v) is 2.65. The maximum atomic E-state index is 10.5. The summed E-state index contributed by atoms with van der Waals surface area (Å²) >= 11 is 0. The molecule has 1 aliphatic rings. The topological polar surface area (TPSA) is 63.0 Å². The summed E-state index contributed by atoms with van der Waals surface area (Å²) in [5, 5.41) is 21.8. The van der Waals surface area contributed by atoms with Crippen LogP contribution < -0.4 is 5.32 Å². The van der Waals surface area contributed by atoms with Crippen molar-refractivity contribution in [2.24, 2.45) is 0 Å². The number of hydrogen-bond donors (Lipinski definition) is 2. The number of aromatic nitrogens is 3. The number of aliphatic hydroxyl groups is 1. The molecule has 0 spiro atoms. The second kappa shape index (κ2) is 6.29. The van der Waals surface area contributed by atoms with Crippen LogP contribution in [0, 0.1) is 0 Å². The smallest absolute Gasteiger partial charge is 0.146 e. The highest BCUT2D eigenvalue weighted by atomic mass is 16.3. The molecule has 0 unspecified atom stereocenters. The Kier molecular flexibility index (Phi) is 4.72. The highest BCUT2D eigenvalue weighted by molar-refractivity contribution is 4.88. The molecule has 0 aromatic carbocycles. The molecule has 18 heavy (non-hydrogen) atoms. The van der Waals surface area contributed by atoms with E-state index in [4.69, 9.17) is 0 Å². The van der Waals surface area contributed by atoms with Gasteiger partial charge in [0.1, 0.15) is 12.2 Å². The highest BCUT2D eigenvalue weighted by Gasteiger charge is 2.27. The van der Waals surface area contributed by atoms with Gasteiger partial charge in [-0.05, 0) is 19.8 Å². The molecular weight excluding hydrogens is 228 g/mol. The Morgan fingerprint density at radius 1 is 1.33 bits per heavy atom. The monoisotopic (exact) mass is 252 g/mol. The van der Waals surface area contributed by atoms with Crippen LogP contribution in [0.15, 0.2) is 6.33 Å². The normalized spacial score (nSPS) is 19.7. The van der Waals surface area contributed by atoms with Gasteiger partial charge in [0, 0.05) is 13.1 Å². The maximum absolute atomic E-state index is 10.5. The van der Waals surface area contributed by atoms with Crippen molar-refractivity contribution in [2.75, 3.05) is 6.54 Å². The lowest BCUT2D eigenvalue weighted by Gasteiger charge is -2.26. The summed E-state index contributed by atoms with van der Waals surface area (Å²) in [5.74, 6) is 0.940. The van der Waals surface area contributed by atoms with Crippen molar-refractivity contribution < 1.29 is 5.11 Å². The van der Waals surface area contributed by atoms with Crippen molar-refractivity contribution in [1.29, 1.82) is 0 Å². The third kappa shape index (κ3) is 3.53. The maximum Gasteiger partial charge on any atom is 0.146 e. The Hall–Kier alpha value is -0.940. The molecular formula is C13H24N4O. The molecule has 1 fully saturated rings. The summed E-state index contributed by atoms with van der Waals surface area (Å²) in [4.78, 5) is 0. The molecule has 2 rings (SSSR count). The average Bonchev–Trinajstić information content (AvgIpc) is 2.70. The average molecular weight is 252 g/mol. The Balaban J connectivity index is 1.80. The summed E-state index contributed by atoms with van der Waals surface area (Å²) < 4.78 is 2.02. The van der Waals surface area contributed by atoms with Gasteiger partial charge in [-0.3, -0.25) is 0 Å². The van der Waals surface area contributed by atoms with Crippen molar-refractivity contribution in [3.63, 3.8) is 0 Å². The largest absolute Gasteiger partial charge is 0.389 e. The first-order chi connectivity index (χ1) is 8.73. The van der Waals surface area contributed by atoms with Crippen molar-refractivity contribution in [3.05, 3.63) is 12.2 Å². The molecule has 2 N–H and O–H groups in total. The Morgan fingerprint density at radius 3 is 2.72 bits per heavy atom. The van der Waals surface area contributed by atoms with Crippen LogP contribution in [-0.2, 0) is 13.1 Å². The zero-order valence-electron chi connectivity index (χ0n) is 11.2. The molecule has 0 amide bonds. The summed E-state index contributed by atoms with van der Waals surface area (Å²) in [6, 6.07) is 0. The standard InChI is InChI=1S/C13H24N4O/c1-2-17-11-15-16-12(17)9-14-10-13(18)7-5-3-4-6-8-13/h11,14,18H,2-10H2,1H3. The minimum absolute atomic E-state index is 0.520. The van der Waals surface area contributed by atoms with E-state index in [1.165, 1.54) is 12.8 Å². The van der Waals surface area contributed by atoms with Gasteiger partial charge in [0.2, 0.25) is 0 Å². The van der Waals surface area contributed by atoms with E-state index in [-0.39, 0.29) is 0 Å². The Labute approximate surface area is 109 Å². The molecule has 0 aliphatic heterocycles. The first kappa shape index (κ1) is 13.5. The van der Waals surface area contributed by atoms with Crippen molar-refractivity contribution in [1.82, 2.24) is 20.1 Å². The van der Waals surface area contributed by atoms with Gasteiger partial charge in [-0.1, -0.05) is 25.7 Å². The van der Waals surface area contributed by atoms with E-state index in [1.807, 2.05) is 4.57 Å². The van der Waals surface area contributed by atoms with Gasteiger partial charge in [-0.25, -0.2) is 0 Å². The molecule has 1 heterocycles. The summed E-state index contributed by atoms with van der Waals surface area (Å²) in [7, 11) is 0. The van der Waals surface area contributed by atoms with Crippen molar-refractivity contribution in [3.8, 4) is 0 Å². The lowest BCUT2D eigenvalue weighted by atomic mass is 9.94. The third-order valence-electron chi connectivity index (χ3n) is 3.81. The molecule has 1 saturated carbocycles. The van der Waals surface area contributed by atoms with Gasteiger partial charge >= 0.3 is 0 Å². The van der Waals surface area contributed by atoms with Crippen LogP contribution in [0.3, 0.4) is 0 Å². The fourth-order valence-electron chi connectivity index (χ4n) is 2.65. The van der Waals surface area contributed by atoms with Crippen molar-refractivity contribution >= 4 is 0 Å². The fraction of sp³-hybridized carbons (Fsp3) is 0.846. The van der Waals surface area contributed by atoms with Gasteiger partial charge in [-0.15, -0.1) is 10.2 Å². The zero-order chi connectivity index (χ0) is 12.8. The van der Waals surface area contributed by atoms with E-state index >= 15 is 0 Å². The Bertz CT molecular complexity index is 356. The lowest BCUT2D eigenvalue weighted by molar-refractivity contribution is 0.0248. The number of nitrogens with zero attached hydrogens (tertiary/aromatic N) is 3. The number of rotatable bonds is 5. The minimum atomic E-state index is -0.520. The molecule has 102 valence electrons. The molecule has 0 atom stereocenters. The third-order valence-corrected chi connectivity index (χ3v) is 3.81.